The molecule has 0 aliphatic carbocycles. The van der Waals surface area contributed by atoms with Crippen LogP contribution in [-0.4, -0.2) is 10.2 Å². The average molecular weight is 196 g/mol. The highest BCUT2D eigenvalue weighted by atomic mass is 16.5. The molecule has 0 unspecified atom stereocenters. The Labute approximate surface area is 75.6 Å². The van der Waals surface area contributed by atoms with E-state index in [0.29, 0.717) is 0 Å². The Morgan fingerprint density at radius 1 is 0.857 bits per heavy atom. The second kappa shape index (κ2) is 2.63. The maximum absolute atomic E-state index is 10.7. The van der Waals surface area contributed by atoms with Crippen LogP contribution in [0.5, 0.6) is 11.5 Å². The third kappa shape index (κ3) is 1.05. The minimum atomic E-state index is -1.24. The Balaban J connectivity index is 3.09. The lowest BCUT2D eigenvalue weighted by Crippen LogP contribution is -2.20. The summed E-state index contributed by atoms with van der Waals surface area (Å²) >= 11 is 0. The minimum absolute atomic E-state index is 0.352. The highest BCUT2D eigenvalue weighted by Gasteiger charge is 2.12. The zero-order valence-electron chi connectivity index (χ0n) is 6.68. The molecule has 0 spiro atoms. The van der Waals surface area contributed by atoms with Crippen molar-refractivity contribution < 1.29 is 19.0 Å². The van der Waals surface area contributed by atoms with E-state index in [0.717, 1.165) is 12.1 Å². The van der Waals surface area contributed by atoms with Crippen molar-refractivity contribution in [2.45, 2.75) is 0 Å². The smallest absolute Gasteiger partial charge is 0.423 e. The summed E-state index contributed by atoms with van der Waals surface area (Å²) < 4.78 is 8.86. The number of phenols is 2. The third-order valence-electron chi connectivity index (χ3n) is 1.63. The predicted molar refractivity (Wildman–Crippen MR) is 44.3 cm³/mol. The standard InChI is InChI=1S/C8H4O6/c9-3-1-2-4(10)6-5(3)13-7(11)8(12)14-6/h1-2,9-10H. The molecule has 6 nitrogen and oxygen atoms in total. The molecule has 0 saturated carbocycles. The Hall–Kier alpha value is -2.24. The monoisotopic (exact) mass is 196 g/mol. The zero-order valence-corrected chi connectivity index (χ0v) is 6.68. The number of hydrogen-bond donors (Lipinski definition) is 2. The topological polar surface area (TPSA) is 101 Å². The van der Waals surface area contributed by atoms with Crippen molar-refractivity contribution in [1.82, 2.24) is 0 Å². The Kier molecular flexibility index (Phi) is 1.57. The molecule has 2 N–H and O–H groups in total. The molecule has 0 atom stereocenters. The van der Waals surface area contributed by atoms with Crippen LogP contribution in [0.1, 0.15) is 0 Å². The van der Waals surface area contributed by atoms with E-state index in [-0.39, 0.29) is 11.2 Å². The van der Waals surface area contributed by atoms with E-state index in [1.165, 1.54) is 0 Å². The van der Waals surface area contributed by atoms with Crippen molar-refractivity contribution in [3.8, 4) is 11.5 Å². The SMILES string of the molecule is O=c1oc2c(O)ccc(O)c2oc1=O. The van der Waals surface area contributed by atoms with Crippen LogP contribution in [-0.2, 0) is 0 Å². The summed E-state index contributed by atoms with van der Waals surface area (Å²) in [6.07, 6.45) is 0. The van der Waals surface area contributed by atoms with Crippen molar-refractivity contribution in [2.75, 3.05) is 0 Å². The summed E-state index contributed by atoms with van der Waals surface area (Å²) in [5.74, 6) is -0.780. The highest BCUT2D eigenvalue weighted by Crippen LogP contribution is 2.29. The van der Waals surface area contributed by atoms with Gasteiger partial charge in [-0.15, -0.1) is 0 Å². The molecule has 0 amide bonds. The lowest BCUT2D eigenvalue weighted by Gasteiger charge is -1.98. The van der Waals surface area contributed by atoms with Gasteiger partial charge in [0.25, 0.3) is 0 Å². The molecular weight excluding hydrogens is 192 g/mol. The van der Waals surface area contributed by atoms with Crippen molar-refractivity contribution in [3.05, 3.63) is 33.0 Å². The zero-order chi connectivity index (χ0) is 10.3. The fraction of sp³-hybridized carbons (Fsp3) is 0. The Morgan fingerprint density at radius 2 is 1.21 bits per heavy atom. The maximum Gasteiger partial charge on any atom is 0.423 e. The summed E-state index contributed by atoms with van der Waals surface area (Å²) in [5, 5.41) is 18.4. The molecular formula is C8H4O6. The lowest BCUT2D eigenvalue weighted by molar-refractivity contribution is 0.402. The van der Waals surface area contributed by atoms with Crippen LogP contribution < -0.4 is 11.3 Å². The summed E-state index contributed by atoms with van der Waals surface area (Å²) in [7, 11) is 0. The van der Waals surface area contributed by atoms with E-state index >= 15 is 0 Å². The van der Waals surface area contributed by atoms with Gasteiger partial charge in [-0.3, -0.25) is 0 Å². The molecule has 2 aromatic rings. The highest BCUT2D eigenvalue weighted by molar-refractivity contribution is 5.81. The van der Waals surface area contributed by atoms with Gasteiger partial charge in [0.15, 0.2) is 11.5 Å². The molecule has 0 radical (unpaired) electrons. The first kappa shape index (κ1) is 8.36. The number of phenolic OH excluding ortho intramolecular Hbond substituents is 2. The molecule has 0 aliphatic rings. The second-order valence-corrected chi connectivity index (χ2v) is 2.54. The van der Waals surface area contributed by atoms with Crippen LogP contribution in [0.25, 0.3) is 11.2 Å². The molecule has 1 heterocycles. The van der Waals surface area contributed by atoms with E-state index in [1.54, 1.807) is 0 Å². The second-order valence-electron chi connectivity index (χ2n) is 2.54. The number of benzene rings is 1. The van der Waals surface area contributed by atoms with Crippen molar-refractivity contribution in [1.29, 1.82) is 0 Å². The number of rotatable bonds is 0. The van der Waals surface area contributed by atoms with E-state index in [2.05, 4.69) is 8.83 Å². The number of fused-ring (bicyclic) bond motifs is 1. The number of hydrogen-bond acceptors (Lipinski definition) is 6. The van der Waals surface area contributed by atoms with E-state index in [9.17, 15) is 19.8 Å². The molecule has 0 fully saturated rings. The quantitative estimate of drug-likeness (QED) is 0.459. The third-order valence-corrected chi connectivity index (χ3v) is 1.63. The first-order chi connectivity index (χ1) is 6.59. The van der Waals surface area contributed by atoms with Gasteiger partial charge in [0.1, 0.15) is 0 Å². The number of aromatic hydroxyl groups is 2. The van der Waals surface area contributed by atoms with Crippen LogP contribution in [0.15, 0.2) is 30.6 Å². The molecule has 1 aromatic carbocycles. The van der Waals surface area contributed by atoms with Gasteiger partial charge in [-0.1, -0.05) is 0 Å². The van der Waals surface area contributed by atoms with Crippen LogP contribution in [0.2, 0.25) is 0 Å². The van der Waals surface area contributed by atoms with E-state index in [1.807, 2.05) is 0 Å². The summed E-state index contributed by atoms with van der Waals surface area (Å²) in [6, 6.07) is 2.22. The maximum atomic E-state index is 10.7. The molecule has 0 saturated heterocycles. The van der Waals surface area contributed by atoms with Gasteiger partial charge in [0.05, 0.1) is 0 Å². The van der Waals surface area contributed by atoms with E-state index < -0.39 is 22.8 Å². The minimum Gasteiger partial charge on any atom is -0.504 e. The Morgan fingerprint density at radius 3 is 1.57 bits per heavy atom. The molecule has 72 valence electrons. The van der Waals surface area contributed by atoms with Gasteiger partial charge < -0.3 is 19.0 Å². The lowest BCUT2D eigenvalue weighted by atomic mass is 10.3. The average Bonchev–Trinajstić information content (AvgIpc) is 2.15. The van der Waals surface area contributed by atoms with Gasteiger partial charge in [-0.25, -0.2) is 9.59 Å². The van der Waals surface area contributed by atoms with Gasteiger partial charge in [-0.05, 0) is 12.1 Å². The summed E-state index contributed by atoms with van der Waals surface area (Å²) in [5.41, 5.74) is -3.18. The van der Waals surface area contributed by atoms with Gasteiger partial charge in [-0.2, -0.15) is 0 Å². The molecule has 0 bridgehead atoms. The van der Waals surface area contributed by atoms with Crippen LogP contribution >= 0.6 is 0 Å². The summed E-state index contributed by atoms with van der Waals surface area (Å²) in [4.78, 5) is 21.5. The molecule has 2 rings (SSSR count). The molecule has 0 aliphatic heterocycles. The largest absolute Gasteiger partial charge is 0.504 e. The predicted octanol–water partition coefficient (Wildman–Crippen LogP) is 0.157. The molecule has 14 heavy (non-hydrogen) atoms. The fourth-order valence-corrected chi connectivity index (χ4v) is 1.01. The summed E-state index contributed by atoms with van der Waals surface area (Å²) in [6.45, 7) is 0. The Bertz CT molecular complexity index is 551. The van der Waals surface area contributed by atoms with Crippen molar-refractivity contribution >= 4 is 11.2 Å². The molecule has 1 aromatic heterocycles. The van der Waals surface area contributed by atoms with Crippen LogP contribution in [0, 0.1) is 0 Å². The van der Waals surface area contributed by atoms with Gasteiger partial charge in [0.2, 0.25) is 11.2 Å². The molecule has 6 heteroatoms. The van der Waals surface area contributed by atoms with Crippen molar-refractivity contribution in [2.24, 2.45) is 0 Å². The van der Waals surface area contributed by atoms with E-state index in [4.69, 9.17) is 0 Å². The normalized spacial score (nSPS) is 10.6. The first-order valence-electron chi connectivity index (χ1n) is 3.58. The fourth-order valence-electron chi connectivity index (χ4n) is 1.01. The van der Waals surface area contributed by atoms with Gasteiger partial charge >= 0.3 is 11.3 Å². The van der Waals surface area contributed by atoms with Crippen LogP contribution in [0.4, 0.5) is 0 Å². The first-order valence-corrected chi connectivity index (χ1v) is 3.58. The van der Waals surface area contributed by atoms with Crippen molar-refractivity contribution in [3.63, 3.8) is 0 Å². The van der Waals surface area contributed by atoms with Crippen LogP contribution in [0.3, 0.4) is 0 Å². The van der Waals surface area contributed by atoms with Gasteiger partial charge in [0, 0.05) is 0 Å².